The second-order valence-electron chi connectivity index (χ2n) is 4.70. The summed E-state index contributed by atoms with van der Waals surface area (Å²) < 4.78 is 36.3. The number of benzene rings is 1. The van der Waals surface area contributed by atoms with E-state index >= 15 is 0 Å². The lowest BCUT2D eigenvalue weighted by Crippen LogP contribution is -2.50. The van der Waals surface area contributed by atoms with E-state index in [0.717, 1.165) is 12.1 Å². The average Bonchev–Trinajstić information content (AvgIpc) is 2.41. The number of hydrogen-bond donors (Lipinski definition) is 1. The minimum atomic E-state index is -3.56. The van der Waals surface area contributed by atoms with Crippen LogP contribution in [0.2, 0.25) is 0 Å². The van der Waals surface area contributed by atoms with Crippen molar-refractivity contribution in [1.29, 1.82) is 0 Å². The Hall–Kier alpha value is -1.28. The fourth-order valence-corrected chi connectivity index (χ4v) is 2.75. The minimum Gasteiger partial charge on any atom is -0.297 e. The van der Waals surface area contributed by atoms with Gasteiger partial charge in [0, 0.05) is 32.7 Å². The first-order chi connectivity index (χ1) is 9.45. The van der Waals surface area contributed by atoms with Crippen LogP contribution in [-0.4, -0.2) is 50.3 Å². The first-order valence-corrected chi connectivity index (χ1v) is 7.88. The van der Waals surface area contributed by atoms with Gasteiger partial charge < -0.3 is 0 Å². The van der Waals surface area contributed by atoms with E-state index in [4.69, 9.17) is 5.14 Å². The zero-order valence-corrected chi connectivity index (χ0v) is 11.9. The van der Waals surface area contributed by atoms with Crippen molar-refractivity contribution in [2.45, 2.75) is 0 Å². The Morgan fingerprint density at radius 1 is 1.15 bits per heavy atom. The Balaban J connectivity index is 1.80. The second kappa shape index (κ2) is 6.45. The molecule has 20 heavy (non-hydrogen) atoms. The van der Waals surface area contributed by atoms with Gasteiger partial charge >= 0.3 is 0 Å². The monoisotopic (exact) mass is 299 g/mol. The molecule has 0 amide bonds. The fourth-order valence-electron chi connectivity index (χ4n) is 2.08. The van der Waals surface area contributed by atoms with E-state index in [1.165, 1.54) is 16.4 Å². The van der Waals surface area contributed by atoms with Crippen molar-refractivity contribution in [3.05, 3.63) is 41.7 Å². The fraction of sp³-hybridized carbons (Fsp3) is 0.385. The van der Waals surface area contributed by atoms with Gasteiger partial charge in [-0.2, -0.15) is 12.7 Å². The predicted molar refractivity (Wildman–Crippen MR) is 76.6 cm³/mol. The molecule has 0 aromatic heterocycles. The van der Waals surface area contributed by atoms with Crippen molar-refractivity contribution in [2.24, 2.45) is 5.14 Å². The molecule has 0 bridgehead atoms. The third-order valence-electron chi connectivity index (χ3n) is 3.24. The van der Waals surface area contributed by atoms with Crippen molar-refractivity contribution in [3.63, 3.8) is 0 Å². The Kier molecular flexibility index (Phi) is 4.87. The maximum absolute atomic E-state index is 12.7. The van der Waals surface area contributed by atoms with Gasteiger partial charge in [0.15, 0.2) is 0 Å². The summed E-state index contributed by atoms with van der Waals surface area (Å²) in [4.78, 5) is 2.14. The Morgan fingerprint density at radius 2 is 1.75 bits per heavy atom. The van der Waals surface area contributed by atoms with Crippen LogP contribution >= 0.6 is 0 Å². The molecule has 1 aromatic carbocycles. The molecule has 0 radical (unpaired) electrons. The highest BCUT2D eigenvalue weighted by Crippen LogP contribution is 2.07. The van der Waals surface area contributed by atoms with Crippen molar-refractivity contribution >= 4 is 16.3 Å². The highest BCUT2D eigenvalue weighted by Gasteiger charge is 2.22. The lowest BCUT2D eigenvalue weighted by molar-refractivity contribution is 0.204. The van der Waals surface area contributed by atoms with Gasteiger partial charge in [0.1, 0.15) is 5.82 Å². The second-order valence-corrected chi connectivity index (χ2v) is 6.24. The molecule has 0 unspecified atom stereocenters. The maximum atomic E-state index is 12.7. The van der Waals surface area contributed by atoms with E-state index in [9.17, 15) is 12.8 Å². The number of nitrogens with two attached hydrogens (primary N) is 1. The predicted octanol–water partition coefficient (Wildman–Crippen LogP) is 0.660. The third kappa shape index (κ3) is 4.38. The molecule has 1 aromatic rings. The SMILES string of the molecule is NS(=O)(=O)N1CCN(CC=Cc2ccc(F)cc2)CC1. The minimum absolute atomic E-state index is 0.249. The summed E-state index contributed by atoms with van der Waals surface area (Å²) in [6.45, 7) is 2.89. The largest absolute Gasteiger partial charge is 0.297 e. The topological polar surface area (TPSA) is 66.6 Å². The Labute approximate surface area is 118 Å². The quantitative estimate of drug-likeness (QED) is 0.888. The van der Waals surface area contributed by atoms with Crippen molar-refractivity contribution in [2.75, 3.05) is 32.7 Å². The molecule has 1 aliphatic heterocycles. The Bertz CT molecular complexity index is 564. The lowest BCUT2D eigenvalue weighted by atomic mass is 10.2. The summed E-state index contributed by atoms with van der Waals surface area (Å²) in [6.07, 6.45) is 3.91. The molecular formula is C13H18FN3O2S. The molecule has 0 saturated carbocycles. The van der Waals surface area contributed by atoms with Gasteiger partial charge in [0.25, 0.3) is 10.2 Å². The van der Waals surface area contributed by atoms with Crippen LogP contribution in [0, 0.1) is 5.82 Å². The standard InChI is InChI=1S/C13H18FN3O2S/c14-13-5-3-12(4-6-13)2-1-7-16-8-10-17(11-9-16)20(15,18)19/h1-6H,7-11H2,(H2,15,18,19). The van der Waals surface area contributed by atoms with E-state index in [2.05, 4.69) is 4.90 Å². The van der Waals surface area contributed by atoms with Crippen LogP contribution in [0.25, 0.3) is 6.08 Å². The van der Waals surface area contributed by atoms with E-state index < -0.39 is 10.2 Å². The molecule has 7 heteroatoms. The average molecular weight is 299 g/mol. The molecule has 0 spiro atoms. The maximum Gasteiger partial charge on any atom is 0.276 e. The lowest BCUT2D eigenvalue weighted by Gasteiger charge is -2.32. The van der Waals surface area contributed by atoms with Crippen molar-refractivity contribution in [1.82, 2.24) is 9.21 Å². The number of hydrogen-bond acceptors (Lipinski definition) is 3. The first kappa shape index (κ1) is 15.1. The summed E-state index contributed by atoms with van der Waals surface area (Å²) in [5.74, 6) is -0.249. The molecule has 1 fully saturated rings. The number of halogens is 1. The van der Waals surface area contributed by atoms with Crippen LogP contribution in [0.3, 0.4) is 0 Å². The Morgan fingerprint density at radius 3 is 2.30 bits per heavy atom. The number of nitrogens with zero attached hydrogens (tertiary/aromatic N) is 2. The van der Waals surface area contributed by atoms with Crippen LogP contribution in [0.15, 0.2) is 30.3 Å². The summed E-state index contributed by atoms with van der Waals surface area (Å²) >= 11 is 0. The van der Waals surface area contributed by atoms with Crippen LogP contribution in [0.4, 0.5) is 4.39 Å². The normalized spacial score (nSPS) is 18.7. The van der Waals surface area contributed by atoms with Gasteiger partial charge in [0.05, 0.1) is 0 Å². The highest BCUT2D eigenvalue weighted by molar-refractivity contribution is 7.86. The molecule has 1 heterocycles. The van der Waals surface area contributed by atoms with E-state index in [0.29, 0.717) is 26.2 Å². The van der Waals surface area contributed by atoms with Crippen LogP contribution < -0.4 is 5.14 Å². The van der Waals surface area contributed by atoms with Gasteiger partial charge in [-0.1, -0.05) is 24.3 Å². The molecule has 0 aliphatic carbocycles. The summed E-state index contributed by atoms with van der Waals surface area (Å²) in [7, 11) is -3.56. The molecule has 5 nitrogen and oxygen atoms in total. The molecule has 2 N–H and O–H groups in total. The third-order valence-corrected chi connectivity index (χ3v) is 4.32. The first-order valence-electron chi connectivity index (χ1n) is 6.37. The molecule has 1 saturated heterocycles. The summed E-state index contributed by atoms with van der Waals surface area (Å²) in [5.41, 5.74) is 0.939. The van der Waals surface area contributed by atoms with Gasteiger partial charge in [-0.25, -0.2) is 9.53 Å². The van der Waals surface area contributed by atoms with Gasteiger partial charge in [0.2, 0.25) is 0 Å². The zero-order valence-electron chi connectivity index (χ0n) is 11.1. The molecule has 2 rings (SSSR count). The number of rotatable bonds is 4. The van der Waals surface area contributed by atoms with Crippen LogP contribution in [0.5, 0.6) is 0 Å². The van der Waals surface area contributed by atoms with Gasteiger partial charge in [-0.05, 0) is 17.7 Å². The van der Waals surface area contributed by atoms with E-state index in [-0.39, 0.29) is 5.82 Å². The highest BCUT2D eigenvalue weighted by atomic mass is 32.2. The van der Waals surface area contributed by atoms with Crippen molar-refractivity contribution in [3.8, 4) is 0 Å². The van der Waals surface area contributed by atoms with Crippen LogP contribution in [-0.2, 0) is 10.2 Å². The molecule has 0 atom stereocenters. The van der Waals surface area contributed by atoms with E-state index in [1.807, 2.05) is 12.2 Å². The molecule has 110 valence electrons. The summed E-state index contributed by atoms with van der Waals surface area (Å²) in [5, 5.41) is 5.08. The van der Waals surface area contributed by atoms with Gasteiger partial charge in [-0.15, -0.1) is 0 Å². The molecular weight excluding hydrogens is 281 g/mol. The van der Waals surface area contributed by atoms with Gasteiger partial charge in [-0.3, -0.25) is 4.90 Å². The van der Waals surface area contributed by atoms with Crippen molar-refractivity contribution < 1.29 is 12.8 Å². The van der Waals surface area contributed by atoms with Crippen LogP contribution in [0.1, 0.15) is 5.56 Å². The smallest absolute Gasteiger partial charge is 0.276 e. The number of piperazine rings is 1. The molecule has 1 aliphatic rings. The zero-order chi connectivity index (χ0) is 14.6. The van der Waals surface area contributed by atoms with E-state index in [1.54, 1.807) is 12.1 Å². The summed E-state index contributed by atoms with van der Waals surface area (Å²) in [6, 6.07) is 6.27.